The molecule has 1 saturated heterocycles. The maximum absolute atomic E-state index is 13.0. The van der Waals surface area contributed by atoms with Crippen molar-refractivity contribution < 1.29 is 17.9 Å². The van der Waals surface area contributed by atoms with Gasteiger partial charge in [0.05, 0.1) is 17.9 Å². The van der Waals surface area contributed by atoms with Gasteiger partial charge in [-0.25, -0.2) is 0 Å². The molecular weight excluding hydrogens is 403 g/mol. The second kappa shape index (κ2) is 9.16. The SMILES string of the molecule is Cc1cc(Cc2cccc(C(F)(F)F)c2)cc([C@@H]2CN(Cc3cccnc3)CCO2)n1. The molecule has 0 unspecified atom stereocenters. The number of hydrogen-bond donors (Lipinski definition) is 0. The van der Waals surface area contributed by atoms with Gasteiger partial charge in [-0.15, -0.1) is 0 Å². The van der Waals surface area contributed by atoms with Gasteiger partial charge < -0.3 is 4.74 Å². The van der Waals surface area contributed by atoms with Crippen molar-refractivity contribution in [1.82, 2.24) is 14.9 Å². The molecule has 0 spiro atoms. The molecule has 1 atom stereocenters. The second-order valence-electron chi connectivity index (χ2n) is 7.87. The predicted molar refractivity (Wildman–Crippen MR) is 111 cm³/mol. The Morgan fingerprint density at radius 1 is 1.06 bits per heavy atom. The fourth-order valence-electron chi connectivity index (χ4n) is 3.90. The van der Waals surface area contributed by atoms with Crippen molar-refractivity contribution in [3.05, 3.63) is 94.6 Å². The highest BCUT2D eigenvalue weighted by Gasteiger charge is 2.30. The fourth-order valence-corrected chi connectivity index (χ4v) is 3.90. The van der Waals surface area contributed by atoms with Crippen LogP contribution in [0.1, 0.15) is 39.7 Å². The number of nitrogens with zero attached hydrogens (tertiary/aromatic N) is 3. The molecule has 2 aromatic heterocycles. The lowest BCUT2D eigenvalue weighted by Crippen LogP contribution is -2.38. The van der Waals surface area contributed by atoms with E-state index in [1.165, 1.54) is 12.1 Å². The van der Waals surface area contributed by atoms with Gasteiger partial charge in [-0.1, -0.05) is 24.3 Å². The minimum absolute atomic E-state index is 0.175. The van der Waals surface area contributed by atoms with Gasteiger partial charge >= 0.3 is 6.18 Å². The molecule has 0 aliphatic carbocycles. The average Bonchev–Trinajstić information content (AvgIpc) is 2.74. The van der Waals surface area contributed by atoms with Crippen molar-refractivity contribution in [3.8, 4) is 0 Å². The fraction of sp³-hybridized carbons (Fsp3) is 0.333. The van der Waals surface area contributed by atoms with Gasteiger partial charge in [0.15, 0.2) is 0 Å². The number of ether oxygens (including phenoxy) is 1. The first-order chi connectivity index (χ1) is 14.9. The lowest BCUT2D eigenvalue weighted by Gasteiger charge is -2.32. The molecule has 0 saturated carbocycles. The maximum atomic E-state index is 13.0. The molecular formula is C24H24F3N3O. The first kappa shape index (κ1) is 21.5. The van der Waals surface area contributed by atoms with Gasteiger partial charge in [0.25, 0.3) is 0 Å². The number of morpholine rings is 1. The summed E-state index contributed by atoms with van der Waals surface area (Å²) in [4.78, 5) is 11.1. The maximum Gasteiger partial charge on any atom is 0.416 e. The van der Waals surface area contributed by atoms with E-state index in [1.807, 2.05) is 31.3 Å². The molecule has 1 aromatic carbocycles. The van der Waals surface area contributed by atoms with Gasteiger partial charge in [0, 0.05) is 37.7 Å². The van der Waals surface area contributed by atoms with Gasteiger partial charge in [-0.05, 0) is 54.3 Å². The molecule has 4 nitrogen and oxygen atoms in total. The highest BCUT2D eigenvalue weighted by molar-refractivity contribution is 5.32. The highest BCUT2D eigenvalue weighted by atomic mass is 19.4. The van der Waals surface area contributed by atoms with E-state index in [-0.39, 0.29) is 6.10 Å². The lowest BCUT2D eigenvalue weighted by molar-refractivity contribution is -0.137. The second-order valence-corrected chi connectivity index (χ2v) is 7.87. The predicted octanol–water partition coefficient (Wildman–Crippen LogP) is 4.97. The van der Waals surface area contributed by atoms with Crippen molar-refractivity contribution in [2.45, 2.75) is 32.2 Å². The summed E-state index contributed by atoms with van der Waals surface area (Å²) in [6.45, 7) is 4.82. The van der Waals surface area contributed by atoms with E-state index in [4.69, 9.17) is 4.74 Å². The third-order valence-corrected chi connectivity index (χ3v) is 5.31. The molecule has 3 heterocycles. The quantitative estimate of drug-likeness (QED) is 0.576. The van der Waals surface area contributed by atoms with Crippen LogP contribution in [0.5, 0.6) is 0 Å². The van der Waals surface area contributed by atoms with Crippen LogP contribution in [0.2, 0.25) is 0 Å². The number of hydrogen-bond acceptors (Lipinski definition) is 4. The summed E-state index contributed by atoms with van der Waals surface area (Å²) in [5.74, 6) is 0. The molecule has 7 heteroatoms. The smallest absolute Gasteiger partial charge is 0.369 e. The summed E-state index contributed by atoms with van der Waals surface area (Å²) < 4.78 is 45.1. The number of pyridine rings is 2. The Labute approximate surface area is 179 Å². The van der Waals surface area contributed by atoms with E-state index < -0.39 is 11.7 Å². The van der Waals surface area contributed by atoms with Crippen LogP contribution in [-0.4, -0.2) is 34.6 Å². The van der Waals surface area contributed by atoms with Crippen molar-refractivity contribution in [1.29, 1.82) is 0 Å². The van der Waals surface area contributed by atoms with Crippen molar-refractivity contribution in [2.24, 2.45) is 0 Å². The molecule has 0 radical (unpaired) electrons. The largest absolute Gasteiger partial charge is 0.416 e. The van der Waals surface area contributed by atoms with Crippen LogP contribution >= 0.6 is 0 Å². The van der Waals surface area contributed by atoms with Crippen molar-refractivity contribution in [3.63, 3.8) is 0 Å². The van der Waals surface area contributed by atoms with Gasteiger partial charge in [-0.2, -0.15) is 13.2 Å². The molecule has 0 bridgehead atoms. The molecule has 31 heavy (non-hydrogen) atoms. The van der Waals surface area contributed by atoms with Gasteiger partial charge in [-0.3, -0.25) is 14.9 Å². The molecule has 0 N–H and O–H groups in total. The van der Waals surface area contributed by atoms with E-state index in [1.54, 1.807) is 12.3 Å². The molecule has 1 aliphatic heterocycles. The first-order valence-electron chi connectivity index (χ1n) is 10.2. The number of aromatic nitrogens is 2. The minimum atomic E-state index is -4.34. The topological polar surface area (TPSA) is 38.2 Å². The molecule has 0 amide bonds. The van der Waals surface area contributed by atoms with Crippen LogP contribution in [0, 0.1) is 6.92 Å². The van der Waals surface area contributed by atoms with Crippen LogP contribution in [0.4, 0.5) is 13.2 Å². The molecule has 4 rings (SSSR count). The van der Waals surface area contributed by atoms with Crippen LogP contribution in [0.15, 0.2) is 60.9 Å². The Morgan fingerprint density at radius 2 is 1.90 bits per heavy atom. The zero-order valence-corrected chi connectivity index (χ0v) is 17.3. The Bertz CT molecular complexity index is 1020. The Morgan fingerprint density at radius 3 is 2.68 bits per heavy atom. The zero-order valence-electron chi connectivity index (χ0n) is 17.3. The monoisotopic (exact) mass is 427 g/mol. The number of aryl methyl sites for hydroxylation is 1. The molecule has 162 valence electrons. The third-order valence-electron chi connectivity index (χ3n) is 5.31. The summed E-state index contributed by atoms with van der Waals surface area (Å²) >= 11 is 0. The number of benzene rings is 1. The number of alkyl halides is 3. The number of rotatable bonds is 5. The first-order valence-corrected chi connectivity index (χ1v) is 10.2. The number of halogens is 3. The van der Waals surface area contributed by atoms with Gasteiger partial charge in [0.1, 0.15) is 6.10 Å². The summed E-state index contributed by atoms with van der Waals surface area (Å²) in [5.41, 5.74) is 3.71. The summed E-state index contributed by atoms with van der Waals surface area (Å²) in [7, 11) is 0. The van der Waals surface area contributed by atoms with E-state index in [0.29, 0.717) is 25.1 Å². The van der Waals surface area contributed by atoms with Crippen LogP contribution in [0.25, 0.3) is 0 Å². The molecule has 1 fully saturated rings. The Balaban J connectivity index is 1.50. The summed E-state index contributed by atoms with van der Waals surface area (Å²) in [6.07, 6.45) is -0.489. The summed E-state index contributed by atoms with van der Waals surface area (Å²) in [5, 5.41) is 0. The minimum Gasteiger partial charge on any atom is -0.369 e. The highest BCUT2D eigenvalue weighted by Crippen LogP contribution is 2.30. The zero-order chi connectivity index (χ0) is 21.8. The van der Waals surface area contributed by atoms with Crippen LogP contribution < -0.4 is 0 Å². The van der Waals surface area contributed by atoms with Crippen molar-refractivity contribution in [2.75, 3.05) is 19.7 Å². The summed E-state index contributed by atoms with van der Waals surface area (Å²) in [6, 6.07) is 13.3. The molecule has 3 aromatic rings. The van der Waals surface area contributed by atoms with E-state index >= 15 is 0 Å². The van der Waals surface area contributed by atoms with E-state index in [9.17, 15) is 13.2 Å². The Kier molecular flexibility index (Phi) is 6.34. The molecule has 1 aliphatic rings. The van der Waals surface area contributed by atoms with Crippen LogP contribution in [-0.2, 0) is 23.9 Å². The van der Waals surface area contributed by atoms with Crippen LogP contribution in [0.3, 0.4) is 0 Å². The van der Waals surface area contributed by atoms with E-state index in [2.05, 4.69) is 20.9 Å². The van der Waals surface area contributed by atoms with Crippen molar-refractivity contribution >= 4 is 0 Å². The Hall–Kier alpha value is -2.77. The lowest BCUT2D eigenvalue weighted by atomic mass is 10.0. The standard InChI is InChI=1S/C24H24F3N3O/c1-17-10-20(11-18-4-2-6-21(12-18)24(25,26)27)13-22(29-17)23-16-30(8-9-31-23)15-19-5-3-7-28-14-19/h2-7,10,12-14,23H,8-9,11,15-16H2,1H3/t23-/m0/s1. The van der Waals surface area contributed by atoms with E-state index in [0.717, 1.165) is 41.7 Å². The van der Waals surface area contributed by atoms with Gasteiger partial charge in [0.2, 0.25) is 0 Å². The normalized spacial score (nSPS) is 17.6. The average molecular weight is 427 g/mol. The third kappa shape index (κ3) is 5.68.